The van der Waals surface area contributed by atoms with Crippen molar-refractivity contribution in [2.45, 2.75) is 9.79 Å². The highest BCUT2D eigenvalue weighted by Crippen LogP contribution is 2.31. The van der Waals surface area contributed by atoms with E-state index in [-0.39, 0.29) is 5.56 Å². The van der Waals surface area contributed by atoms with Crippen molar-refractivity contribution in [1.82, 2.24) is 10.2 Å². The molecule has 0 aliphatic heterocycles. The molecule has 0 saturated heterocycles. The average Bonchev–Trinajstić information content (AvgIpc) is 2.57. The lowest BCUT2D eigenvalue weighted by molar-refractivity contribution is 1.05. The summed E-state index contributed by atoms with van der Waals surface area (Å²) in [4.78, 5) is 12.6. The van der Waals surface area contributed by atoms with Gasteiger partial charge in [0.1, 0.15) is 0 Å². The molecule has 0 atom stereocenters. The molecule has 0 aliphatic carbocycles. The zero-order valence-electron chi connectivity index (χ0n) is 7.58. The first-order valence-electron chi connectivity index (χ1n) is 4.16. The van der Waals surface area contributed by atoms with Crippen molar-refractivity contribution < 1.29 is 0 Å². The molecular weight excluding hydrogens is 234 g/mol. The van der Waals surface area contributed by atoms with Crippen molar-refractivity contribution in [2.75, 3.05) is 5.73 Å². The van der Waals surface area contributed by atoms with Crippen LogP contribution in [0.15, 0.2) is 39.0 Å². The van der Waals surface area contributed by atoms with Gasteiger partial charge < -0.3 is 10.8 Å². The Morgan fingerprint density at radius 1 is 1.33 bits per heavy atom. The fourth-order valence-corrected chi connectivity index (χ4v) is 2.09. The first kappa shape index (κ1) is 10.2. The van der Waals surface area contributed by atoms with Gasteiger partial charge in [-0.25, -0.2) is 0 Å². The van der Waals surface area contributed by atoms with Gasteiger partial charge in [0.05, 0.1) is 4.90 Å². The van der Waals surface area contributed by atoms with E-state index in [1.807, 2.05) is 0 Å². The molecule has 2 aromatic rings. The Labute approximate surface area is 94.8 Å². The zero-order valence-corrected chi connectivity index (χ0v) is 9.15. The van der Waals surface area contributed by atoms with E-state index in [2.05, 4.69) is 10.2 Å². The average molecular weight is 242 g/mol. The summed E-state index contributed by atoms with van der Waals surface area (Å²) in [5.41, 5.74) is 6.17. The van der Waals surface area contributed by atoms with Crippen LogP contribution in [0.5, 0.6) is 0 Å². The molecule has 0 fully saturated rings. The number of halogens is 1. The Bertz CT molecular complexity index is 534. The minimum atomic E-state index is -0.158. The lowest BCUT2D eigenvalue weighted by Crippen LogP contribution is -2.00. The van der Waals surface area contributed by atoms with Gasteiger partial charge in [-0.2, -0.15) is 0 Å². The Kier molecular flexibility index (Phi) is 2.75. The zero-order chi connectivity index (χ0) is 10.8. The Hall–Kier alpha value is -1.33. The number of benzene rings is 1. The second-order valence-corrected chi connectivity index (χ2v) is 4.41. The summed E-state index contributed by atoms with van der Waals surface area (Å²) < 4.78 is 0. The predicted molar refractivity (Wildman–Crippen MR) is 61.4 cm³/mol. The van der Waals surface area contributed by atoms with E-state index in [1.165, 1.54) is 11.8 Å². The Morgan fingerprint density at radius 2 is 2.13 bits per heavy atom. The molecule has 4 nitrogen and oxygen atoms in total. The van der Waals surface area contributed by atoms with Crippen LogP contribution in [0.25, 0.3) is 0 Å². The number of rotatable bonds is 2. The van der Waals surface area contributed by atoms with Gasteiger partial charge in [0, 0.05) is 21.8 Å². The van der Waals surface area contributed by atoms with Crippen molar-refractivity contribution in [2.24, 2.45) is 0 Å². The van der Waals surface area contributed by atoms with Gasteiger partial charge >= 0.3 is 0 Å². The van der Waals surface area contributed by atoms with Crippen LogP contribution in [0.2, 0.25) is 5.02 Å². The minimum Gasteiger partial charge on any atom is -0.398 e. The van der Waals surface area contributed by atoms with Gasteiger partial charge in [-0.3, -0.25) is 9.89 Å². The number of anilines is 1. The van der Waals surface area contributed by atoms with Crippen LogP contribution in [-0.2, 0) is 0 Å². The van der Waals surface area contributed by atoms with Gasteiger partial charge in [0.25, 0.3) is 5.56 Å². The van der Waals surface area contributed by atoms with Crippen molar-refractivity contribution in [3.8, 4) is 0 Å². The summed E-state index contributed by atoms with van der Waals surface area (Å²) in [6, 6.07) is 5.18. The second-order valence-electron chi connectivity index (χ2n) is 2.89. The number of nitrogen functional groups attached to an aromatic ring is 1. The molecule has 1 heterocycles. The molecule has 78 valence electrons. The van der Waals surface area contributed by atoms with E-state index < -0.39 is 0 Å². The van der Waals surface area contributed by atoms with E-state index in [4.69, 9.17) is 17.3 Å². The third-order valence-corrected chi connectivity index (χ3v) is 3.15. The Balaban J connectivity index is 2.33. The molecule has 0 saturated carbocycles. The predicted octanol–water partition coefficient (Wildman–Crippen LogP) is 2.09. The van der Waals surface area contributed by atoms with Crippen molar-refractivity contribution >= 4 is 29.1 Å². The summed E-state index contributed by atoms with van der Waals surface area (Å²) in [5, 5.41) is 5.66. The third-order valence-electron chi connectivity index (χ3n) is 1.80. The van der Waals surface area contributed by atoms with E-state index in [0.29, 0.717) is 15.6 Å². The van der Waals surface area contributed by atoms with E-state index in [1.54, 1.807) is 24.4 Å². The lowest BCUT2D eigenvalue weighted by Gasteiger charge is -2.02. The van der Waals surface area contributed by atoms with Crippen molar-refractivity contribution in [3.05, 3.63) is 39.8 Å². The first-order valence-corrected chi connectivity index (χ1v) is 5.35. The standard InChI is InChI=1S/C9H8ClN3OS/c10-5-1-2-7(6(11)3-5)15-8-4-12-13-9(8)14/h1-4H,11H2,(H2,12,13,14). The second kappa shape index (κ2) is 4.04. The SMILES string of the molecule is Nc1cc(Cl)ccc1Sc1c[nH][nH]c1=O. The molecule has 1 aromatic carbocycles. The maximum absolute atomic E-state index is 11.2. The van der Waals surface area contributed by atoms with Gasteiger partial charge in [0.2, 0.25) is 0 Å². The van der Waals surface area contributed by atoms with Gasteiger partial charge in [-0.15, -0.1) is 0 Å². The van der Waals surface area contributed by atoms with Gasteiger partial charge in [-0.05, 0) is 18.2 Å². The Morgan fingerprint density at radius 3 is 2.73 bits per heavy atom. The molecule has 4 N–H and O–H groups in total. The number of hydrogen-bond donors (Lipinski definition) is 3. The number of H-pyrrole nitrogens is 2. The van der Waals surface area contributed by atoms with E-state index in [0.717, 1.165) is 4.90 Å². The maximum Gasteiger partial charge on any atom is 0.277 e. The number of aromatic amines is 2. The van der Waals surface area contributed by atoms with E-state index >= 15 is 0 Å². The fourth-order valence-electron chi connectivity index (χ4n) is 1.10. The molecule has 2 rings (SSSR count). The van der Waals surface area contributed by atoms with Crippen molar-refractivity contribution in [3.63, 3.8) is 0 Å². The number of aromatic nitrogens is 2. The molecule has 0 bridgehead atoms. The number of nitrogens with two attached hydrogens (primary N) is 1. The molecule has 6 heteroatoms. The first-order chi connectivity index (χ1) is 7.16. The van der Waals surface area contributed by atoms with Crippen LogP contribution in [0.4, 0.5) is 5.69 Å². The monoisotopic (exact) mass is 241 g/mol. The van der Waals surface area contributed by atoms with Gasteiger partial charge in [0.15, 0.2) is 0 Å². The summed E-state index contributed by atoms with van der Waals surface area (Å²) in [5.74, 6) is 0. The molecule has 15 heavy (non-hydrogen) atoms. The van der Waals surface area contributed by atoms with Crippen LogP contribution < -0.4 is 11.3 Å². The lowest BCUT2D eigenvalue weighted by atomic mass is 10.3. The smallest absolute Gasteiger partial charge is 0.277 e. The summed E-state index contributed by atoms with van der Waals surface area (Å²) in [6.07, 6.45) is 1.60. The summed E-state index contributed by atoms with van der Waals surface area (Å²) in [6.45, 7) is 0. The summed E-state index contributed by atoms with van der Waals surface area (Å²) in [7, 11) is 0. The highest BCUT2D eigenvalue weighted by Gasteiger charge is 2.06. The van der Waals surface area contributed by atoms with Crippen LogP contribution >= 0.6 is 23.4 Å². The normalized spacial score (nSPS) is 10.5. The highest BCUT2D eigenvalue weighted by molar-refractivity contribution is 7.99. The fraction of sp³-hybridized carbons (Fsp3) is 0. The van der Waals surface area contributed by atoms with E-state index in [9.17, 15) is 4.79 Å². The molecule has 0 aliphatic rings. The van der Waals surface area contributed by atoms with Crippen LogP contribution in [-0.4, -0.2) is 10.2 Å². The maximum atomic E-state index is 11.2. The summed E-state index contributed by atoms with van der Waals surface area (Å²) >= 11 is 7.06. The van der Waals surface area contributed by atoms with Crippen LogP contribution in [0, 0.1) is 0 Å². The van der Waals surface area contributed by atoms with Gasteiger partial charge in [-0.1, -0.05) is 23.4 Å². The highest BCUT2D eigenvalue weighted by atomic mass is 35.5. The number of nitrogens with one attached hydrogen (secondary N) is 2. The number of hydrogen-bond acceptors (Lipinski definition) is 3. The molecule has 0 amide bonds. The quantitative estimate of drug-likeness (QED) is 0.705. The molecular formula is C9H8ClN3OS. The molecule has 0 unspecified atom stereocenters. The van der Waals surface area contributed by atoms with Crippen LogP contribution in [0.1, 0.15) is 0 Å². The topological polar surface area (TPSA) is 74.7 Å². The van der Waals surface area contributed by atoms with Crippen molar-refractivity contribution in [1.29, 1.82) is 0 Å². The minimum absolute atomic E-state index is 0.158. The molecule has 0 radical (unpaired) electrons. The molecule has 1 aromatic heterocycles. The van der Waals surface area contributed by atoms with Crippen LogP contribution in [0.3, 0.4) is 0 Å². The molecule has 0 spiro atoms. The third kappa shape index (κ3) is 2.19. The largest absolute Gasteiger partial charge is 0.398 e.